The van der Waals surface area contributed by atoms with E-state index in [4.69, 9.17) is 4.98 Å². The monoisotopic (exact) mass is 285 g/mol. The van der Waals surface area contributed by atoms with Crippen molar-refractivity contribution in [2.45, 2.75) is 45.6 Å². The van der Waals surface area contributed by atoms with Crippen LogP contribution >= 0.6 is 0 Å². The molecular formula is C18H27N3. The van der Waals surface area contributed by atoms with E-state index in [9.17, 15) is 0 Å². The van der Waals surface area contributed by atoms with Crippen LogP contribution in [0.1, 0.15) is 44.9 Å². The van der Waals surface area contributed by atoms with Crippen molar-refractivity contribution in [3.63, 3.8) is 0 Å². The molecule has 21 heavy (non-hydrogen) atoms. The fraction of sp³-hybridized carbons (Fsp3) is 0.611. The van der Waals surface area contributed by atoms with Gasteiger partial charge in [-0.3, -0.25) is 0 Å². The van der Waals surface area contributed by atoms with Gasteiger partial charge in [0.05, 0.1) is 17.6 Å². The molecule has 0 saturated heterocycles. The van der Waals surface area contributed by atoms with E-state index < -0.39 is 0 Å². The molecule has 1 aliphatic rings. The largest absolute Gasteiger partial charge is 0.330 e. The van der Waals surface area contributed by atoms with Crippen LogP contribution in [-0.2, 0) is 13.6 Å². The van der Waals surface area contributed by atoms with E-state index in [1.165, 1.54) is 37.6 Å². The molecule has 3 rings (SSSR count). The standard InChI is InChI=1S/C18H27N3/c1-3-14-8-10-15(11-9-14)12-19-13-18-20-16-6-4-5-7-17(16)21(18)2/h4-7,14-15,19H,3,8-13H2,1-2H3. The molecular weight excluding hydrogens is 258 g/mol. The number of fused-ring (bicyclic) bond motifs is 1. The minimum Gasteiger partial charge on any atom is -0.330 e. The summed E-state index contributed by atoms with van der Waals surface area (Å²) in [5.74, 6) is 2.99. The minimum atomic E-state index is 0.863. The molecule has 1 saturated carbocycles. The Morgan fingerprint density at radius 3 is 2.57 bits per heavy atom. The molecule has 0 aliphatic heterocycles. The molecule has 1 aromatic heterocycles. The Kier molecular flexibility index (Phi) is 4.59. The second-order valence-electron chi connectivity index (χ2n) is 6.50. The third kappa shape index (κ3) is 3.29. The van der Waals surface area contributed by atoms with Crippen LogP contribution in [0.3, 0.4) is 0 Å². The molecule has 1 aliphatic carbocycles. The van der Waals surface area contributed by atoms with Crippen LogP contribution in [0.5, 0.6) is 0 Å². The lowest BCUT2D eigenvalue weighted by Crippen LogP contribution is -2.27. The average Bonchev–Trinajstić information content (AvgIpc) is 2.85. The van der Waals surface area contributed by atoms with E-state index >= 15 is 0 Å². The van der Waals surface area contributed by atoms with Gasteiger partial charge in [0.2, 0.25) is 0 Å². The van der Waals surface area contributed by atoms with Crippen LogP contribution in [0.4, 0.5) is 0 Å². The first-order valence-corrected chi connectivity index (χ1v) is 8.39. The van der Waals surface area contributed by atoms with Crippen LogP contribution in [0, 0.1) is 11.8 Å². The van der Waals surface area contributed by atoms with E-state index in [2.05, 4.69) is 48.1 Å². The topological polar surface area (TPSA) is 29.9 Å². The summed E-state index contributed by atoms with van der Waals surface area (Å²) in [6, 6.07) is 8.36. The van der Waals surface area contributed by atoms with Crippen LogP contribution in [0.25, 0.3) is 11.0 Å². The molecule has 0 amide bonds. The van der Waals surface area contributed by atoms with Crippen LogP contribution in [-0.4, -0.2) is 16.1 Å². The van der Waals surface area contributed by atoms with Gasteiger partial charge in [0.25, 0.3) is 0 Å². The number of rotatable bonds is 5. The number of aromatic nitrogens is 2. The third-order valence-electron chi connectivity index (χ3n) is 5.14. The van der Waals surface area contributed by atoms with Crippen LogP contribution in [0.2, 0.25) is 0 Å². The Morgan fingerprint density at radius 2 is 1.86 bits per heavy atom. The molecule has 1 N–H and O–H groups in total. The molecule has 0 unspecified atom stereocenters. The highest BCUT2D eigenvalue weighted by atomic mass is 15.1. The third-order valence-corrected chi connectivity index (χ3v) is 5.14. The summed E-state index contributed by atoms with van der Waals surface area (Å²) in [6.45, 7) is 4.34. The summed E-state index contributed by atoms with van der Waals surface area (Å²) in [5, 5.41) is 3.62. The minimum absolute atomic E-state index is 0.863. The Morgan fingerprint density at radius 1 is 1.14 bits per heavy atom. The molecule has 0 spiro atoms. The molecule has 0 bridgehead atoms. The van der Waals surface area contributed by atoms with E-state index in [0.717, 1.165) is 36.3 Å². The number of imidazole rings is 1. The maximum Gasteiger partial charge on any atom is 0.123 e. The van der Waals surface area contributed by atoms with Gasteiger partial charge in [-0.15, -0.1) is 0 Å². The summed E-state index contributed by atoms with van der Waals surface area (Å²) >= 11 is 0. The average molecular weight is 285 g/mol. The molecule has 3 nitrogen and oxygen atoms in total. The molecule has 0 radical (unpaired) electrons. The van der Waals surface area contributed by atoms with Crippen molar-refractivity contribution in [2.75, 3.05) is 6.54 Å². The summed E-state index contributed by atoms with van der Waals surface area (Å²) < 4.78 is 2.20. The van der Waals surface area contributed by atoms with Gasteiger partial charge < -0.3 is 9.88 Å². The van der Waals surface area contributed by atoms with Crippen molar-refractivity contribution < 1.29 is 0 Å². The van der Waals surface area contributed by atoms with E-state index in [0.29, 0.717) is 0 Å². The van der Waals surface area contributed by atoms with Crippen molar-refractivity contribution in [1.82, 2.24) is 14.9 Å². The maximum absolute atomic E-state index is 4.72. The van der Waals surface area contributed by atoms with Crippen molar-refractivity contribution in [3.8, 4) is 0 Å². The first kappa shape index (κ1) is 14.6. The normalized spacial score (nSPS) is 22.8. The second kappa shape index (κ2) is 6.61. The smallest absolute Gasteiger partial charge is 0.123 e. The van der Waals surface area contributed by atoms with Crippen molar-refractivity contribution in [3.05, 3.63) is 30.1 Å². The SMILES string of the molecule is CCC1CCC(CNCc2nc3ccccc3n2C)CC1. The van der Waals surface area contributed by atoms with Crippen LogP contribution in [0.15, 0.2) is 24.3 Å². The highest BCUT2D eigenvalue weighted by molar-refractivity contribution is 5.75. The lowest BCUT2D eigenvalue weighted by Gasteiger charge is -2.27. The van der Waals surface area contributed by atoms with Crippen molar-refractivity contribution >= 4 is 11.0 Å². The zero-order valence-corrected chi connectivity index (χ0v) is 13.3. The molecule has 1 fully saturated rings. The van der Waals surface area contributed by atoms with Gasteiger partial charge in [-0.1, -0.05) is 38.3 Å². The van der Waals surface area contributed by atoms with E-state index in [1.807, 2.05) is 0 Å². The predicted molar refractivity (Wildman–Crippen MR) is 88.2 cm³/mol. The molecule has 1 heterocycles. The van der Waals surface area contributed by atoms with Gasteiger partial charge in [0.15, 0.2) is 0 Å². The van der Waals surface area contributed by atoms with E-state index in [-0.39, 0.29) is 0 Å². The fourth-order valence-corrected chi connectivity index (χ4v) is 3.59. The second-order valence-corrected chi connectivity index (χ2v) is 6.50. The molecule has 1 aromatic carbocycles. The molecule has 3 heteroatoms. The predicted octanol–water partition coefficient (Wildman–Crippen LogP) is 3.88. The number of benzene rings is 1. The molecule has 0 atom stereocenters. The zero-order valence-electron chi connectivity index (χ0n) is 13.3. The van der Waals surface area contributed by atoms with Gasteiger partial charge in [-0.25, -0.2) is 4.98 Å². The molecule has 2 aromatic rings. The lowest BCUT2D eigenvalue weighted by molar-refractivity contribution is 0.262. The first-order chi connectivity index (χ1) is 10.3. The van der Waals surface area contributed by atoms with Gasteiger partial charge in [-0.2, -0.15) is 0 Å². The summed E-state index contributed by atoms with van der Waals surface area (Å²) in [5.41, 5.74) is 2.32. The Balaban J connectivity index is 1.52. The quantitative estimate of drug-likeness (QED) is 0.903. The Labute approximate surface area is 127 Å². The van der Waals surface area contributed by atoms with Gasteiger partial charge in [-0.05, 0) is 43.4 Å². The first-order valence-electron chi connectivity index (χ1n) is 8.39. The zero-order chi connectivity index (χ0) is 14.7. The van der Waals surface area contributed by atoms with Gasteiger partial charge in [0.1, 0.15) is 5.82 Å². The Bertz CT molecular complexity index is 579. The number of nitrogens with one attached hydrogen (secondary N) is 1. The van der Waals surface area contributed by atoms with Crippen molar-refractivity contribution in [1.29, 1.82) is 0 Å². The number of hydrogen-bond donors (Lipinski definition) is 1. The van der Waals surface area contributed by atoms with Crippen molar-refractivity contribution in [2.24, 2.45) is 18.9 Å². The Hall–Kier alpha value is -1.35. The molecule has 114 valence electrons. The fourth-order valence-electron chi connectivity index (χ4n) is 3.59. The van der Waals surface area contributed by atoms with Gasteiger partial charge in [0, 0.05) is 7.05 Å². The number of hydrogen-bond acceptors (Lipinski definition) is 2. The number of para-hydroxylation sites is 2. The number of aryl methyl sites for hydroxylation is 1. The highest BCUT2D eigenvalue weighted by Gasteiger charge is 2.19. The summed E-state index contributed by atoms with van der Waals surface area (Å²) in [4.78, 5) is 4.72. The van der Waals surface area contributed by atoms with E-state index in [1.54, 1.807) is 0 Å². The van der Waals surface area contributed by atoms with Crippen LogP contribution < -0.4 is 5.32 Å². The highest BCUT2D eigenvalue weighted by Crippen LogP contribution is 2.30. The lowest BCUT2D eigenvalue weighted by atomic mass is 9.81. The summed E-state index contributed by atoms with van der Waals surface area (Å²) in [7, 11) is 2.11. The number of nitrogens with zero attached hydrogens (tertiary/aromatic N) is 2. The van der Waals surface area contributed by atoms with Gasteiger partial charge >= 0.3 is 0 Å². The maximum atomic E-state index is 4.72. The summed E-state index contributed by atoms with van der Waals surface area (Å²) in [6.07, 6.45) is 7.01.